The van der Waals surface area contributed by atoms with E-state index in [1.165, 1.54) is 0 Å². The first-order valence-corrected chi connectivity index (χ1v) is 6.84. The quantitative estimate of drug-likeness (QED) is 0.869. The van der Waals surface area contributed by atoms with Gasteiger partial charge in [-0.15, -0.1) is 0 Å². The first-order chi connectivity index (χ1) is 10.2. The molecule has 4 heteroatoms. The first-order valence-electron chi connectivity index (χ1n) is 6.84. The smallest absolute Gasteiger partial charge is 0.265 e. The van der Waals surface area contributed by atoms with Crippen LogP contribution in [0.5, 0.6) is 11.5 Å². The maximum absolute atomic E-state index is 12.2. The summed E-state index contributed by atoms with van der Waals surface area (Å²) in [6.07, 6.45) is 0. The standard InChI is InChI=1S/C17H17NO3/c1-12-6-7-15-16(8-12)21-11-17(19)18(15)10-13-4-3-5-14(9-13)20-2/h3-9H,10-11H2,1-2H3. The van der Waals surface area contributed by atoms with Crippen molar-refractivity contribution in [3.8, 4) is 11.5 Å². The number of hydrogen-bond acceptors (Lipinski definition) is 3. The van der Waals surface area contributed by atoms with Crippen LogP contribution in [0.25, 0.3) is 0 Å². The second kappa shape index (κ2) is 5.48. The van der Waals surface area contributed by atoms with Gasteiger partial charge in [0.05, 0.1) is 19.3 Å². The Morgan fingerprint density at radius 1 is 1.24 bits per heavy atom. The summed E-state index contributed by atoms with van der Waals surface area (Å²) >= 11 is 0. The first kappa shape index (κ1) is 13.5. The van der Waals surface area contributed by atoms with Crippen LogP contribution in [0, 0.1) is 6.92 Å². The fraction of sp³-hybridized carbons (Fsp3) is 0.235. The van der Waals surface area contributed by atoms with Crippen LogP contribution in [0.3, 0.4) is 0 Å². The van der Waals surface area contributed by atoms with Gasteiger partial charge in [-0.05, 0) is 42.3 Å². The second-order valence-corrected chi connectivity index (χ2v) is 5.09. The Bertz CT molecular complexity index is 681. The highest BCUT2D eigenvalue weighted by molar-refractivity contribution is 5.97. The molecule has 4 nitrogen and oxygen atoms in total. The van der Waals surface area contributed by atoms with Gasteiger partial charge >= 0.3 is 0 Å². The summed E-state index contributed by atoms with van der Waals surface area (Å²) in [6.45, 7) is 2.60. The van der Waals surface area contributed by atoms with Gasteiger partial charge in [0.25, 0.3) is 5.91 Å². The second-order valence-electron chi connectivity index (χ2n) is 5.09. The average Bonchev–Trinajstić information content (AvgIpc) is 2.50. The molecule has 21 heavy (non-hydrogen) atoms. The van der Waals surface area contributed by atoms with Crippen molar-refractivity contribution in [1.82, 2.24) is 0 Å². The number of ether oxygens (including phenoxy) is 2. The topological polar surface area (TPSA) is 38.8 Å². The zero-order chi connectivity index (χ0) is 14.8. The molecule has 0 radical (unpaired) electrons. The minimum absolute atomic E-state index is 0.0332. The molecule has 3 rings (SSSR count). The lowest BCUT2D eigenvalue weighted by atomic mass is 10.1. The van der Waals surface area contributed by atoms with E-state index in [-0.39, 0.29) is 12.5 Å². The predicted octanol–water partition coefficient (Wildman–Crippen LogP) is 2.93. The number of methoxy groups -OCH3 is 1. The largest absolute Gasteiger partial charge is 0.497 e. The molecule has 1 aliphatic rings. The number of hydrogen-bond donors (Lipinski definition) is 0. The van der Waals surface area contributed by atoms with E-state index in [9.17, 15) is 4.79 Å². The van der Waals surface area contributed by atoms with Crippen LogP contribution in [0.4, 0.5) is 5.69 Å². The average molecular weight is 283 g/mol. The number of anilines is 1. The Morgan fingerprint density at radius 3 is 2.90 bits per heavy atom. The summed E-state index contributed by atoms with van der Waals surface area (Å²) in [4.78, 5) is 13.9. The molecule has 0 saturated carbocycles. The van der Waals surface area contributed by atoms with Gasteiger partial charge in [-0.25, -0.2) is 0 Å². The molecule has 1 aliphatic heterocycles. The zero-order valence-corrected chi connectivity index (χ0v) is 12.1. The fourth-order valence-corrected chi connectivity index (χ4v) is 2.44. The lowest BCUT2D eigenvalue weighted by molar-refractivity contribution is -0.121. The number of carbonyl (C=O) groups is 1. The third-order valence-corrected chi connectivity index (χ3v) is 3.53. The summed E-state index contributed by atoms with van der Waals surface area (Å²) in [7, 11) is 1.64. The molecule has 0 unspecified atom stereocenters. The van der Waals surface area contributed by atoms with Gasteiger partial charge in [0.15, 0.2) is 6.61 Å². The van der Waals surface area contributed by atoms with Crippen molar-refractivity contribution in [3.63, 3.8) is 0 Å². The molecule has 2 aromatic rings. The van der Waals surface area contributed by atoms with Gasteiger partial charge in [-0.3, -0.25) is 4.79 Å². The highest BCUT2D eigenvalue weighted by atomic mass is 16.5. The van der Waals surface area contributed by atoms with Crippen LogP contribution < -0.4 is 14.4 Å². The highest BCUT2D eigenvalue weighted by Gasteiger charge is 2.25. The van der Waals surface area contributed by atoms with Crippen molar-refractivity contribution in [3.05, 3.63) is 53.6 Å². The van der Waals surface area contributed by atoms with Gasteiger partial charge < -0.3 is 14.4 Å². The molecule has 2 aromatic carbocycles. The Kier molecular flexibility index (Phi) is 3.52. The van der Waals surface area contributed by atoms with E-state index in [1.807, 2.05) is 49.4 Å². The number of fused-ring (bicyclic) bond motifs is 1. The molecule has 0 spiro atoms. The molecular weight excluding hydrogens is 266 g/mol. The van der Waals surface area contributed by atoms with Gasteiger partial charge in [0.2, 0.25) is 0 Å². The normalized spacial score (nSPS) is 13.6. The number of aryl methyl sites for hydroxylation is 1. The van der Waals surface area contributed by atoms with Crippen LogP contribution in [0.15, 0.2) is 42.5 Å². The van der Waals surface area contributed by atoms with E-state index < -0.39 is 0 Å². The number of benzene rings is 2. The minimum atomic E-state index is -0.0332. The minimum Gasteiger partial charge on any atom is -0.497 e. The van der Waals surface area contributed by atoms with Crippen LogP contribution in [0.2, 0.25) is 0 Å². The molecule has 0 atom stereocenters. The van der Waals surface area contributed by atoms with E-state index in [0.29, 0.717) is 6.54 Å². The molecule has 0 aromatic heterocycles. The van der Waals surface area contributed by atoms with Gasteiger partial charge in [0, 0.05) is 0 Å². The molecule has 108 valence electrons. The summed E-state index contributed by atoms with van der Waals surface area (Å²) in [5.74, 6) is 1.52. The van der Waals surface area contributed by atoms with Crippen molar-refractivity contribution in [2.75, 3.05) is 18.6 Å². The molecule has 0 N–H and O–H groups in total. The summed E-state index contributed by atoms with van der Waals surface area (Å²) < 4.78 is 10.7. The lowest BCUT2D eigenvalue weighted by Gasteiger charge is -2.29. The summed E-state index contributed by atoms with van der Waals surface area (Å²) in [5, 5.41) is 0. The van der Waals surface area contributed by atoms with Crippen LogP contribution in [-0.4, -0.2) is 19.6 Å². The van der Waals surface area contributed by atoms with Crippen molar-refractivity contribution < 1.29 is 14.3 Å². The third kappa shape index (κ3) is 2.70. The molecular formula is C17H17NO3. The van der Waals surface area contributed by atoms with E-state index in [1.54, 1.807) is 12.0 Å². The maximum Gasteiger partial charge on any atom is 0.265 e. The number of nitrogens with zero attached hydrogens (tertiary/aromatic N) is 1. The Morgan fingerprint density at radius 2 is 2.10 bits per heavy atom. The van der Waals surface area contributed by atoms with E-state index in [4.69, 9.17) is 9.47 Å². The number of carbonyl (C=O) groups excluding carboxylic acids is 1. The highest BCUT2D eigenvalue weighted by Crippen LogP contribution is 2.34. The summed E-state index contributed by atoms with van der Waals surface area (Å²) in [5.41, 5.74) is 2.96. The van der Waals surface area contributed by atoms with Gasteiger partial charge in [-0.1, -0.05) is 18.2 Å². The van der Waals surface area contributed by atoms with Crippen LogP contribution in [-0.2, 0) is 11.3 Å². The van der Waals surface area contributed by atoms with Crippen molar-refractivity contribution in [2.45, 2.75) is 13.5 Å². The summed E-state index contributed by atoms with van der Waals surface area (Å²) in [6, 6.07) is 13.6. The number of rotatable bonds is 3. The van der Waals surface area contributed by atoms with Crippen LogP contribution >= 0.6 is 0 Å². The molecule has 0 saturated heterocycles. The van der Waals surface area contributed by atoms with E-state index >= 15 is 0 Å². The van der Waals surface area contributed by atoms with Gasteiger partial charge in [0.1, 0.15) is 11.5 Å². The Hall–Kier alpha value is -2.49. The monoisotopic (exact) mass is 283 g/mol. The number of amides is 1. The van der Waals surface area contributed by atoms with E-state index in [2.05, 4.69) is 0 Å². The van der Waals surface area contributed by atoms with Crippen LogP contribution in [0.1, 0.15) is 11.1 Å². The van der Waals surface area contributed by atoms with Crippen molar-refractivity contribution in [2.24, 2.45) is 0 Å². The molecule has 1 amide bonds. The van der Waals surface area contributed by atoms with Gasteiger partial charge in [-0.2, -0.15) is 0 Å². The molecule has 0 bridgehead atoms. The fourth-order valence-electron chi connectivity index (χ4n) is 2.44. The predicted molar refractivity (Wildman–Crippen MR) is 80.9 cm³/mol. The zero-order valence-electron chi connectivity index (χ0n) is 12.1. The van der Waals surface area contributed by atoms with Crippen molar-refractivity contribution in [1.29, 1.82) is 0 Å². The van der Waals surface area contributed by atoms with Crippen molar-refractivity contribution >= 4 is 11.6 Å². The molecule has 1 heterocycles. The lowest BCUT2D eigenvalue weighted by Crippen LogP contribution is -2.38. The van der Waals surface area contributed by atoms with E-state index in [0.717, 1.165) is 28.3 Å². The Balaban J connectivity index is 1.92. The maximum atomic E-state index is 12.2. The Labute approximate surface area is 123 Å². The molecule has 0 fully saturated rings. The SMILES string of the molecule is COc1cccc(CN2C(=O)COc3cc(C)ccc32)c1. The third-order valence-electron chi connectivity index (χ3n) is 3.53. The molecule has 0 aliphatic carbocycles.